The summed E-state index contributed by atoms with van der Waals surface area (Å²) in [5, 5.41) is 7.85. The third kappa shape index (κ3) is 3.41. The summed E-state index contributed by atoms with van der Waals surface area (Å²) in [5.41, 5.74) is 1.03. The van der Waals surface area contributed by atoms with E-state index in [1.54, 1.807) is 19.2 Å². The molecule has 0 unspecified atom stereocenters. The first kappa shape index (κ1) is 11.8. The summed E-state index contributed by atoms with van der Waals surface area (Å²) in [7, 11) is 1.65. The summed E-state index contributed by atoms with van der Waals surface area (Å²) >= 11 is 5.64. The first-order valence-corrected chi connectivity index (χ1v) is 5.40. The van der Waals surface area contributed by atoms with E-state index in [4.69, 9.17) is 21.1 Å². The van der Waals surface area contributed by atoms with Gasteiger partial charge in [0.2, 0.25) is 5.88 Å². The van der Waals surface area contributed by atoms with Gasteiger partial charge in [-0.15, -0.1) is 10.2 Å². The molecular formula is C12H11ClN2O2. The van der Waals surface area contributed by atoms with Crippen LogP contribution in [-0.4, -0.2) is 17.3 Å². The number of hydrogen-bond donors (Lipinski definition) is 0. The van der Waals surface area contributed by atoms with Crippen LogP contribution in [0.25, 0.3) is 0 Å². The second-order valence-electron chi connectivity index (χ2n) is 3.38. The van der Waals surface area contributed by atoms with E-state index in [2.05, 4.69) is 10.2 Å². The van der Waals surface area contributed by atoms with Gasteiger partial charge in [0.15, 0.2) is 5.15 Å². The summed E-state index contributed by atoms with van der Waals surface area (Å²) in [6.45, 7) is 0.545. The van der Waals surface area contributed by atoms with Crippen molar-refractivity contribution in [3.8, 4) is 11.6 Å². The highest BCUT2D eigenvalue weighted by Crippen LogP contribution is 2.20. The number of halogens is 1. The van der Waals surface area contributed by atoms with Crippen molar-refractivity contribution in [1.29, 1.82) is 0 Å². The Morgan fingerprint density at radius 2 is 2.06 bits per heavy atom. The van der Waals surface area contributed by atoms with Crippen LogP contribution in [0.1, 0.15) is 5.56 Å². The number of aromatic nitrogens is 2. The van der Waals surface area contributed by atoms with Crippen molar-refractivity contribution in [2.24, 2.45) is 0 Å². The number of rotatable bonds is 4. The highest BCUT2D eigenvalue weighted by atomic mass is 35.5. The molecular weight excluding hydrogens is 240 g/mol. The fourth-order valence-corrected chi connectivity index (χ4v) is 1.45. The second kappa shape index (κ2) is 5.61. The van der Waals surface area contributed by atoms with Crippen LogP contribution in [0, 0.1) is 0 Å². The number of hydrogen-bond acceptors (Lipinski definition) is 4. The minimum atomic E-state index is 0.338. The predicted molar refractivity (Wildman–Crippen MR) is 64.3 cm³/mol. The van der Waals surface area contributed by atoms with Crippen molar-refractivity contribution >= 4 is 11.6 Å². The smallest absolute Gasteiger partial charge is 0.238 e. The lowest BCUT2D eigenvalue weighted by molar-refractivity contribution is 0.184. The lowest BCUT2D eigenvalue weighted by Gasteiger charge is -2.05. The van der Waals surface area contributed by atoms with Crippen molar-refractivity contribution < 1.29 is 9.47 Å². The Balaban J connectivity index is 2.12. The van der Waals surface area contributed by atoms with Gasteiger partial charge in [0.05, 0.1) is 6.61 Å². The van der Waals surface area contributed by atoms with E-state index in [1.807, 2.05) is 24.3 Å². The number of methoxy groups -OCH3 is 1. The third-order valence-electron chi connectivity index (χ3n) is 2.04. The minimum Gasteiger partial charge on any atom is -0.438 e. The van der Waals surface area contributed by atoms with E-state index >= 15 is 0 Å². The first-order valence-electron chi connectivity index (χ1n) is 5.03. The third-order valence-corrected chi connectivity index (χ3v) is 2.24. The maximum Gasteiger partial charge on any atom is 0.238 e. The Labute approximate surface area is 104 Å². The van der Waals surface area contributed by atoms with E-state index in [1.165, 1.54) is 0 Å². The van der Waals surface area contributed by atoms with Gasteiger partial charge in [0.1, 0.15) is 5.75 Å². The molecule has 1 heterocycles. The van der Waals surface area contributed by atoms with Crippen LogP contribution < -0.4 is 4.74 Å². The zero-order valence-corrected chi connectivity index (χ0v) is 10.0. The number of nitrogens with zero attached hydrogens (tertiary/aromatic N) is 2. The van der Waals surface area contributed by atoms with Crippen LogP contribution in [0.2, 0.25) is 5.15 Å². The monoisotopic (exact) mass is 250 g/mol. The number of ether oxygens (including phenoxy) is 2. The van der Waals surface area contributed by atoms with Gasteiger partial charge in [-0.1, -0.05) is 23.7 Å². The Morgan fingerprint density at radius 3 is 2.76 bits per heavy atom. The summed E-state index contributed by atoms with van der Waals surface area (Å²) in [6.07, 6.45) is 0. The zero-order valence-electron chi connectivity index (χ0n) is 9.26. The lowest BCUT2D eigenvalue weighted by Crippen LogP contribution is -1.92. The van der Waals surface area contributed by atoms with Gasteiger partial charge in [-0.3, -0.25) is 0 Å². The standard InChI is InChI=1S/C12H11ClN2O2/c1-16-8-9-3-2-4-10(7-9)17-12-6-5-11(13)14-15-12/h2-7H,8H2,1H3. The quantitative estimate of drug-likeness (QED) is 0.837. The highest BCUT2D eigenvalue weighted by molar-refractivity contribution is 6.29. The molecule has 0 saturated heterocycles. The lowest BCUT2D eigenvalue weighted by atomic mass is 10.2. The van der Waals surface area contributed by atoms with E-state index < -0.39 is 0 Å². The molecule has 1 aromatic heterocycles. The first-order chi connectivity index (χ1) is 8.28. The maximum absolute atomic E-state index is 5.64. The molecule has 0 aliphatic rings. The van der Waals surface area contributed by atoms with Gasteiger partial charge in [0.25, 0.3) is 0 Å². The molecule has 0 aliphatic heterocycles. The molecule has 2 aromatic rings. The van der Waals surface area contributed by atoms with Crippen molar-refractivity contribution in [3.05, 3.63) is 47.1 Å². The molecule has 0 spiro atoms. The summed E-state index contributed by atoms with van der Waals surface area (Å²) in [5.74, 6) is 1.10. The minimum absolute atomic E-state index is 0.338. The molecule has 0 saturated carbocycles. The molecule has 0 N–H and O–H groups in total. The Hall–Kier alpha value is -1.65. The normalized spacial score (nSPS) is 10.2. The SMILES string of the molecule is COCc1cccc(Oc2ccc(Cl)nn2)c1. The molecule has 0 bridgehead atoms. The maximum atomic E-state index is 5.64. The number of benzene rings is 1. The van der Waals surface area contributed by atoms with Crippen molar-refractivity contribution in [3.63, 3.8) is 0 Å². The molecule has 4 nitrogen and oxygen atoms in total. The molecule has 0 fully saturated rings. The molecule has 0 radical (unpaired) electrons. The van der Waals surface area contributed by atoms with E-state index in [-0.39, 0.29) is 0 Å². The Morgan fingerprint density at radius 1 is 1.18 bits per heavy atom. The molecule has 5 heteroatoms. The summed E-state index contributed by atoms with van der Waals surface area (Å²) < 4.78 is 10.6. The van der Waals surface area contributed by atoms with E-state index in [9.17, 15) is 0 Å². The van der Waals surface area contributed by atoms with Crippen LogP contribution in [0.3, 0.4) is 0 Å². The topological polar surface area (TPSA) is 44.2 Å². The van der Waals surface area contributed by atoms with Crippen molar-refractivity contribution in [1.82, 2.24) is 10.2 Å². The predicted octanol–water partition coefficient (Wildman–Crippen LogP) is 3.07. The van der Waals surface area contributed by atoms with E-state index in [0.29, 0.717) is 23.4 Å². The van der Waals surface area contributed by atoms with Gasteiger partial charge in [-0.2, -0.15) is 0 Å². The average molecular weight is 251 g/mol. The molecule has 17 heavy (non-hydrogen) atoms. The van der Waals surface area contributed by atoms with Crippen LogP contribution in [-0.2, 0) is 11.3 Å². The highest BCUT2D eigenvalue weighted by Gasteiger charge is 2.01. The Bertz CT molecular complexity index is 488. The van der Waals surface area contributed by atoms with Crippen LogP contribution in [0.4, 0.5) is 0 Å². The van der Waals surface area contributed by atoms with Crippen molar-refractivity contribution in [2.75, 3.05) is 7.11 Å². The molecule has 88 valence electrons. The molecule has 0 aliphatic carbocycles. The second-order valence-corrected chi connectivity index (χ2v) is 3.76. The van der Waals surface area contributed by atoms with Gasteiger partial charge in [-0.05, 0) is 23.8 Å². The average Bonchev–Trinajstić information content (AvgIpc) is 2.33. The summed E-state index contributed by atoms with van der Waals surface area (Å²) in [4.78, 5) is 0. The van der Waals surface area contributed by atoms with Gasteiger partial charge in [-0.25, -0.2) is 0 Å². The molecule has 0 amide bonds. The van der Waals surface area contributed by atoms with Crippen LogP contribution in [0.15, 0.2) is 36.4 Å². The van der Waals surface area contributed by atoms with Gasteiger partial charge < -0.3 is 9.47 Å². The fraction of sp³-hybridized carbons (Fsp3) is 0.167. The molecule has 2 rings (SSSR count). The van der Waals surface area contributed by atoms with Crippen LogP contribution >= 0.6 is 11.6 Å². The van der Waals surface area contributed by atoms with E-state index in [0.717, 1.165) is 5.56 Å². The van der Waals surface area contributed by atoms with Gasteiger partial charge in [0, 0.05) is 13.2 Å². The molecule has 1 aromatic carbocycles. The fourth-order valence-electron chi connectivity index (χ4n) is 1.34. The van der Waals surface area contributed by atoms with Gasteiger partial charge >= 0.3 is 0 Å². The van der Waals surface area contributed by atoms with Crippen molar-refractivity contribution in [2.45, 2.75) is 6.61 Å². The Kier molecular flexibility index (Phi) is 3.90. The zero-order chi connectivity index (χ0) is 12.1. The summed E-state index contributed by atoms with van der Waals surface area (Å²) in [6, 6.07) is 10.9. The molecule has 0 atom stereocenters. The largest absolute Gasteiger partial charge is 0.438 e. The van der Waals surface area contributed by atoms with Crippen LogP contribution in [0.5, 0.6) is 11.6 Å².